The van der Waals surface area contributed by atoms with Crippen LogP contribution in [0.15, 0.2) is 6.33 Å². The first-order valence-electron chi connectivity index (χ1n) is 6.97. The summed E-state index contributed by atoms with van der Waals surface area (Å²) in [4.78, 5) is 12.4. The van der Waals surface area contributed by atoms with Gasteiger partial charge in [0.15, 0.2) is 5.82 Å². The third-order valence-corrected chi connectivity index (χ3v) is 4.78. The number of hydrogen-bond donors (Lipinski definition) is 2. The molecule has 1 aromatic heterocycles. The van der Waals surface area contributed by atoms with Gasteiger partial charge in [-0.3, -0.25) is 4.79 Å². The summed E-state index contributed by atoms with van der Waals surface area (Å²) < 4.78 is 1.83. The first-order valence-corrected chi connectivity index (χ1v) is 6.97. The molecule has 1 amide bonds. The second kappa shape index (κ2) is 4.59. The lowest BCUT2D eigenvalue weighted by molar-refractivity contribution is -0.127. The van der Waals surface area contributed by atoms with E-state index in [0.29, 0.717) is 11.8 Å². The third-order valence-electron chi connectivity index (χ3n) is 4.78. The Balaban J connectivity index is 1.67. The minimum Gasteiger partial charge on any atom is -0.346 e. The fourth-order valence-corrected chi connectivity index (χ4v) is 3.78. The molecular formula is C13H21N5O. The third kappa shape index (κ3) is 2.04. The molecule has 1 aromatic rings. The van der Waals surface area contributed by atoms with Crippen molar-refractivity contribution in [1.82, 2.24) is 20.1 Å². The molecule has 6 nitrogen and oxygen atoms in total. The second-order valence-corrected chi connectivity index (χ2v) is 5.97. The van der Waals surface area contributed by atoms with E-state index in [9.17, 15) is 4.79 Å². The molecule has 104 valence electrons. The zero-order valence-electron chi connectivity index (χ0n) is 11.4. The Morgan fingerprint density at radius 3 is 2.84 bits per heavy atom. The highest BCUT2D eigenvalue weighted by Crippen LogP contribution is 2.47. The van der Waals surface area contributed by atoms with Crippen LogP contribution >= 0.6 is 0 Å². The highest BCUT2D eigenvalue weighted by molar-refractivity contribution is 5.80. The molecule has 5 unspecified atom stereocenters. The number of aryl methyl sites for hydroxylation is 1. The standard InChI is InChI=1S/C13H21N5O/c1-7(12-17-15-6-18(12)2)16-13(19)10-8-3-4-9(5-8)11(10)14/h6-11H,3-5,14H2,1-2H3,(H,16,19). The molecule has 19 heavy (non-hydrogen) atoms. The lowest BCUT2D eigenvalue weighted by atomic mass is 9.84. The molecule has 0 radical (unpaired) electrons. The summed E-state index contributed by atoms with van der Waals surface area (Å²) in [5.74, 6) is 1.85. The van der Waals surface area contributed by atoms with Crippen LogP contribution in [0.25, 0.3) is 0 Å². The quantitative estimate of drug-likeness (QED) is 0.824. The summed E-state index contributed by atoms with van der Waals surface area (Å²) in [6.45, 7) is 1.93. The van der Waals surface area contributed by atoms with Crippen LogP contribution in [0.4, 0.5) is 0 Å². The smallest absolute Gasteiger partial charge is 0.225 e. The molecule has 0 spiro atoms. The molecular weight excluding hydrogens is 242 g/mol. The van der Waals surface area contributed by atoms with Crippen LogP contribution in [0, 0.1) is 17.8 Å². The molecule has 0 aliphatic heterocycles. The first-order chi connectivity index (χ1) is 9.08. The van der Waals surface area contributed by atoms with Crippen molar-refractivity contribution < 1.29 is 4.79 Å². The van der Waals surface area contributed by atoms with Crippen LogP contribution in [0.2, 0.25) is 0 Å². The maximum absolute atomic E-state index is 12.4. The maximum Gasteiger partial charge on any atom is 0.225 e. The summed E-state index contributed by atoms with van der Waals surface area (Å²) in [6.07, 6.45) is 5.10. The van der Waals surface area contributed by atoms with E-state index in [-0.39, 0.29) is 23.9 Å². The van der Waals surface area contributed by atoms with Gasteiger partial charge >= 0.3 is 0 Å². The minimum absolute atomic E-state index is 0.0190. The fraction of sp³-hybridized carbons (Fsp3) is 0.769. The van der Waals surface area contributed by atoms with Gasteiger partial charge in [-0.25, -0.2) is 0 Å². The second-order valence-electron chi connectivity index (χ2n) is 5.97. The maximum atomic E-state index is 12.4. The number of aromatic nitrogens is 3. The predicted octanol–water partition coefficient (Wildman–Crippen LogP) is 0.366. The Bertz CT molecular complexity index is 483. The van der Waals surface area contributed by atoms with Crippen molar-refractivity contribution in [2.75, 3.05) is 0 Å². The fourth-order valence-electron chi connectivity index (χ4n) is 3.78. The van der Waals surface area contributed by atoms with E-state index in [0.717, 1.165) is 18.7 Å². The average molecular weight is 263 g/mol. The number of fused-ring (bicyclic) bond motifs is 2. The Morgan fingerprint density at radius 1 is 1.53 bits per heavy atom. The zero-order chi connectivity index (χ0) is 13.6. The number of nitrogens with two attached hydrogens (primary N) is 1. The van der Waals surface area contributed by atoms with E-state index in [1.165, 1.54) is 6.42 Å². The molecule has 2 aliphatic carbocycles. The summed E-state index contributed by atoms with van der Waals surface area (Å²) in [7, 11) is 1.88. The Labute approximate surface area is 112 Å². The number of rotatable bonds is 3. The molecule has 6 heteroatoms. The number of amides is 1. The lowest BCUT2D eigenvalue weighted by Crippen LogP contribution is -2.46. The van der Waals surface area contributed by atoms with Gasteiger partial charge < -0.3 is 15.6 Å². The van der Waals surface area contributed by atoms with Gasteiger partial charge in [0.25, 0.3) is 0 Å². The highest BCUT2D eigenvalue weighted by atomic mass is 16.2. The van der Waals surface area contributed by atoms with Crippen LogP contribution in [-0.2, 0) is 11.8 Å². The summed E-state index contributed by atoms with van der Waals surface area (Å²) in [5, 5.41) is 10.9. The van der Waals surface area contributed by atoms with Crippen molar-refractivity contribution in [3.05, 3.63) is 12.2 Å². The highest BCUT2D eigenvalue weighted by Gasteiger charge is 2.49. The topological polar surface area (TPSA) is 85.8 Å². The molecule has 0 saturated heterocycles. The number of nitrogens with one attached hydrogen (secondary N) is 1. The minimum atomic E-state index is -0.133. The summed E-state index contributed by atoms with van der Waals surface area (Å²) >= 11 is 0. The van der Waals surface area contributed by atoms with Gasteiger partial charge in [-0.05, 0) is 38.0 Å². The zero-order valence-corrected chi connectivity index (χ0v) is 11.4. The van der Waals surface area contributed by atoms with Crippen LogP contribution < -0.4 is 11.1 Å². The number of carbonyl (C=O) groups is 1. The van der Waals surface area contributed by atoms with Gasteiger partial charge in [-0.15, -0.1) is 10.2 Å². The Morgan fingerprint density at radius 2 is 2.26 bits per heavy atom. The van der Waals surface area contributed by atoms with Gasteiger partial charge in [-0.2, -0.15) is 0 Å². The van der Waals surface area contributed by atoms with Crippen molar-refractivity contribution >= 4 is 5.91 Å². The van der Waals surface area contributed by atoms with Crippen molar-refractivity contribution in [1.29, 1.82) is 0 Å². The monoisotopic (exact) mass is 263 g/mol. The SMILES string of the molecule is CC(NC(=O)C1C2CCC(C2)C1N)c1nncn1C. The molecule has 2 bridgehead atoms. The molecule has 0 aromatic carbocycles. The van der Waals surface area contributed by atoms with Gasteiger partial charge in [0.2, 0.25) is 5.91 Å². The van der Waals surface area contributed by atoms with Crippen LogP contribution in [-0.4, -0.2) is 26.7 Å². The van der Waals surface area contributed by atoms with Gasteiger partial charge in [0.1, 0.15) is 6.33 Å². The number of hydrogen-bond acceptors (Lipinski definition) is 4. The molecule has 1 heterocycles. The largest absolute Gasteiger partial charge is 0.346 e. The van der Waals surface area contributed by atoms with Crippen molar-refractivity contribution in [2.45, 2.75) is 38.3 Å². The van der Waals surface area contributed by atoms with E-state index < -0.39 is 0 Å². The normalized spacial score (nSPS) is 34.5. The lowest BCUT2D eigenvalue weighted by Gasteiger charge is -2.28. The number of nitrogens with zero attached hydrogens (tertiary/aromatic N) is 3. The summed E-state index contributed by atoms with van der Waals surface area (Å²) in [6, 6.07) is -0.100. The van der Waals surface area contributed by atoms with E-state index in [1.807, 2.05) is 18.5 Å². The van der Waals surface area contributed by atoms with Crippen LogP contribution in [0.5, 0.6) is 0 Å². The van der Waals surface area contributed by atoms with E-state index in [4.69, 9.17) is 5.73 Å². The summed E-state index contributed by atoms with van der Waals surface area (Å²) in [5.41, 5.74) is 6.20. The molecule has 2 fully saturated rings. The van der Waals surface area contributed by atoms with Crippen LogP contribution in [0.1, 0.15) is 38.1 Å². The van der Waals surface area contributed by atoms with Crippen molar-refractivity contribution in [2.24, 2.45) is 30.5 Å². The molecule has 3 rings (SSSR count). The molecule has 2 saturated carbocycles. The first kappa shape index (κ1) is 12.6. The van der Waals surface area contributed by atoms with Gasteiger partial charge in [-0.1, -0.05) is 0 Å². The van der Waals surface area contributed by atoms with Gasteiger partial charge in [0.05, 0.1) is 12.0 Å². The van der Waals surface area contributed by atoms with E-state index in [1.54, 1.807) is 6.33 Å². The van der Waals surface area contributed by atoms with Crippen molar-refractivity contribution in [3.8, 4) is 0 Å². The molecule has 3 N–H and O–H groups in total. The van der Waals surface area contributed by atoms with Gasteiger partial charge in [0, 0.05) is 13.1 Å². The van der Waals surface area contributed by atoms with Crippen molar-refractivity contribution in [3.63, 3.8) is 0 Å². The van der Waals surface area contributed by atoms with E-state index in [2.05, 4.69) is 15.5 Å². The predicted molar refractivity (Wildman–Crippen MR) is 69.9 cm³/mol. The molecule has 2 aliphatic rings. The average Bonchev–Trinajstić information content (AvgIpc) is 3.03. The Hall–Kier alpha value is -1.43. The molecule has 5 atom stereocenters. The van der Waals surface area contributed by atoms with Crippen LogP contribution in [0.3, 0.4) is 0 Å². The van der Waals surface area contributed by atoms with E-state index >= 15 is 0 Å². The Kier molecular flexibility index (Phi) is 3.05. The number of carbonyl (C=O) groups excluding carboxylic acids is 1.